The fourth-order valence-electron chi connectivity index (χ4n) is 4.04. The van der Waals surface area contributed by atoms with E-state index >= 15 is 0 Å². The van der Waals surface area contributed by atoms with Crippen molar-refractivity contribution >= 4 is 33.9 Å². The molecule has 0 bridgehead atoms. The Labute approximate surface area is 208 Å². The second kappa shape index (κ2) is 10.9. The van der Waals surface area contributed by atoms with E-state index in [-0.39, 0.29) is 11.5 Å². The molecule has 0 fully saturated rings. The van der Waals surface area contributed by atoms with Gasteiger partial charge in [-0.1, -0.05) is 24.3 Å². The highest BCUT2D eigenvalue weighted by atomic mass is 32.2. The van der Waals surface area contributed by atoms with E-state index in [1.54, 1.807) is 37.4 Å². The van der Waals surface area contributed by atoms with Crippen molar-refractivity contribution in [2.45, 2.75) is 52.6 Å². The van der Waals surface area contributed by atoms with E-state index in [9.17, 15) is 9.59 Å². The van der Waals surface area contributed by atoms with Crippen LogP contribution in [0.2, 0.25) is 0 Å². The van der Waals surface area contributed by atoms with Crippen molar-refractivity contribution < 1.29 is 4.79 Å². The third-order valence-corrected chi connectivity index (χ3v) is 7.55. The molecule has 4 rings (SSSR count). The summed E-state index contributed by atoms with van der Waals surface area (Å²) >= 11 is 1.61. The van der Waals surface area contributed by atoms with Crippen molar-refractivity contribution in [2.24, 2.45) is 4.99 Å². The highest BCUT2D eigenvalue weighted by Crippen LogP contribution is 2.25. The number of aliphatic imine (C=N–C) groups is 1. The average Bonchev–Trinajstić information content (AvgIpc) is 3.49. The molecule has 0 saturated heterocycles. The van der Waals surface area contributed by atoms with Gasteiger partial charge >= 0.3 is 0 Å². The number of thioether (sulfide) groups is 1. The molecule has 1 unspecified atom stereocenters. The lowest BCUT2D eigenvalue weighted by Crippen LogP contribution is -2.36. The maximum Gasteiger partial charge on any atom is 0.277 e. The number of amides is 1. The lowest BCUT2D eigenvalue weighted by atomic mass is 10.2. The van der Waals surface area contributed by atoms with Gasteiger partial charge in [0.2, 0.25) is 5.91 Å². The van der Waals surface area contributed by atoms with Gasteiger partial charge < -0.3 is 15.0 Å². The Morgan fingerprint density at radius 2 is 2.14 bits per heavy atom. The number of allylic oxidation sites excluding steroid dienone is 2. The minimum atomic E-state index is -0.573. The van der Waals surface area contributed by atoms with Crippen LogP contribution >= 0.6 is 11.8 Å². The third-order valence-electron chi connectivity index (χ3n) is 6.33. The topological polar surface area (TPSA) is 106 Å². The number of rotatable bonds is 8. The minimum absolute atomic E-state index is 0.180. The Hall–Kier alpha value is -3.40. The molecule has 9 nitrogen and oxygen atoms in total. The van der Waals surface area contributed by atoms with Crippen molar-refractivity contribution in [3.63, 3.8) is 0 Å². The smallest absolute Gasteiger partial charge is 0.277 e. The molecule has 1 atom stereocenters. The first-order valence-corrected chi connectivity index (χ1v) is 12.5. The number of nitrogens with zero attached hydrogens (tertiary/aromatic N) is 5. The molecule has 1 amide bonds. The first-order chi connectivity index (χ1) is 16.9. The summed E-state index contributed by atoms with van der Waals surface area (Å²) in [4.78, 5) is 40.4. The molecule has 35 heavy (non-hydrogen) atoms. The Morgan fingerprint density at radius 3 is 2.89 bits per heavy atom. The second-order valence-corrected chi connectivity index (χ2v) is 9.84. The van der Waals surface area contributed by atoms with E-state index in [0.717, 1.165) is 22.5 Å². The third kappa shape index (κ3) is 5.48. The first kappa shape index (κ1) is 24.7. The summed E-state index contributed by atoms with van der Waals surface area (Å²) in [7, 11) is 1.75. The molecule has 1 aliphatic rings. The normalized spacial score (nSPS) is 16.2. The molecule has 0 spiro atoms. The zero-order chi connectivity index (χ0) is 24.9. The molecule has 2 N–H and O–H groups in total. The lowest BCUT2D eigenvalue weighted by Gasteiger charge is -2.16. The number of hydrogen-bond donors (Lipinski definition) is 2. The van der Waals surface area contributed by atoms with E-state index < -0.39 is 6.04 Å². The fourth-order valence-corrected chi connectivity index (χ4v) is 4.95. The fraction of sp³-hybridized carbons (Fsp3) is 0.400. The molecular weight excluding hydrogens is 462 g/mol. The first-order valence-electron chi connectivity index (χ1n) is 11.7. The molecule has 3 aromatic rings. The largest absolute Gasteiger partial charge is 0.373 e. The number of fused-ring (bicyclic) bond motifs is 2. The Morgan fingerprint density at radius 1 is 1.31 bits per heavy atom. The van der Waals surface area contributed by atoms with Crippen molar-refractivity contribution in [3.05, 3.63) is 69.3 Å². The predicted octanol–water partition coefficient (Wildman–Crippen LogP) is 3.57. The summed E-state index contributed by atoms with van der Waals surface area (Å²) in [5.74, 6) is 0.456. The molecule has 3 aromatic heterocycles. The summed E-state index contributed by atoms with van der Waals surface area (Å²) in [5.41, 5.74) is 3.38. The standard InChI is InChI=1S/C25H31N7O2S/c1-5-16(2)17(3)35-23(26-4)14-28-20-13-29-22-7-6-21(32(22)25(20)34)24(33)30-11-18-10-19-12-27-8-9-31(19)15-18/h8-10,12-13,15,21,28H,5-7,11,14H2,1-4H3,(H,30,33). The van der Waals surface area contributed by atoms with Crippen LogP contribution in [0.4, 0.5) is 5.69 Å². The molecule has 1 aliphatic heterocycles. The number of aromatic nitrogens is 4. The highest BCUT2D eigenvalue weighted by Gasteiger charge is 2.31. The van der Waals surface area contributed by atoms with Crippen LogP contribution in [0.1, 0.15) is 51.0 Å². The summed E-state index contributed by atoms with van der Waals surface area (Å²) in [6.07, 6.45) is 11.0. The summed E-state index contributed by atoms with van der Waals surface area (Å²) in [5, 5.41) is 7.04. The molecule has 184 valence electrons. The maximum atomic E-state index is 13.3. The van der Waals surface area contributed by atoms with Gasteiger partial charge in [0, 0.05) is 38.6 Å². The van der Waals surface area contributed by atoms with Crippen LogP contribution in [0, 0.1) is 0 Å². The molecule has 0 saturated carbocycles. The van der Waals surface area contributed by atoms with Crippen molar-refractivity contribution in [3.8, 4) is 0 Å². The van der Waals surface area contributed by atoms with Gasteiger partial charge in [-0.3, -0.25) is 24.1 Å². The average molecular weight is 494 g/mol. The van der Waals surface area contributed by atoms with Gasteiger partial charge in [0.05, 0.1) is 29.5 Å². The highest BCUT2D eigenvalue weighted by molar-refractivity contribution is 8.17. The monoisotopic (exact) mass is 493 g/mol. The van der Waals surface area contributed by atoms with Crippen LogP contribution in [0.5, 0.6) is 0 Å². The maximum absolute atomic E-state index is 13.3. The van der Waals surface area contributed by atoms with Crippen LogP contribution in [-0.4, -0.2) is 43.5 Å². The van der Waals surface area contributed by atoms with E-state index in [2.05, 4.69) is 46.4 Å². The van der Waals surface area contributed by atoms with Gasteiger partial charge in [0.25, 0.3) is 5.56 Å². The van der Waals surface area contributed by atoms with Crippen LogP contribution in [0.15, 0.2) is 57.3 Å². The lowest BCUT2D eigenvalue weighted by molar-refractivity contribution is -0.124. The van der Waals surface area contributed by atoms with Crippen LogP contribution in [0.25, 0.3) is 5.52 Å². The van der Waals surface area contributed by atoms with E-state index in [1.165, 1.54) is 15.0 Å². The van der Waals surface area contributed by atoms with Crippen molar-refractivity contribution in [1.29, 1.82) is 0 Å². The number of carbonyl (C=O) groups is 1. The number of aryl methyl sites for hydroxylation is 1. The van der Waals surface area contributed by atoms with Gasteiger partial charge in [-0.15, -0.1) is 0 Å². The second-order valence-electron chi connectivity index (χ2n) is 8.56. The Bertz CT molecular complexity index is 1320. The van der Waals surface area contributed by atoms with Crippen molar-refractivity contribution in [1.82, 2.24) is 24.3 Å². The van der Waals surface area contributed by atoms with Crippen LogP contribution in [0.3, 0.4) is 0 Å². The van der Waals surface area contributed by atoms with Gasteiger partial charge in [0.1, 0.15) is 17.6 Å². The van der Waals surface area contributed by atoms with E-state index in [4.69, 9.17) is 0 Å². The molecule has 0 aliphatic carbocycles. The van der Waals surface area contributed by atoms with Gasteiger partial charge in [-0.05, 0) is 43.2 Å². The Kier molecular flexibility index (Phi) is 7.70. The molecule has 4 heterocycles. The minimum Gasteiger partial charge on any atom is -0.373 e. The number of nitrogens with one attached hydrogen (secondary N) is 2. The quantitative estimate of drug-likeness (QED) is 0.367. The summed E-state index contributed by atoms with van der Waals surface area (Å²) < 4.78 is 3.48. The molecule has 10 heteroatoms. The number of anilines is 1. The Balaban J connectivity index is 1.44. The van der Waals surface area contributed by atoms with Crippen LogP contribution in [-0.2, 0) is 17.8 Å². The zero-order valence-electron chi connectivity index (χ0n) is 20.5. The molecule has 0 radical (unpaired) electrons. The van der Waals surface area contributed by atoms with Crippen molar-refractivity contribution in [2.75, 3.05) is 18.9 Å². The predicted molar refractivity (Wildman–Crippen MR) is 141 cm³/mol. The number of carbonyl (C=O) groups excluding carboxylic acids is 1. The van der Waals surface area contributed by atoms with Gasteiger partial charge in [-0.25, -0.2) is 4.98 Å². The summed E-state index contributed by atoms with van der Waals surface area (Å²) in [6, 6.07) is 1.41. The molecular formula is C25H31N7O2S. The van der Waals surface area contributed by atoms with Crippen LogP contribution < -0.4 is 16.2 Å². The van der Waals surface area contributed by atoms with E-state index in [0.29, 0.717) is 37.4 Å². The SMILES string of the molecule is CCC(C)=C(C)SC(CNc1cnc2n(c1=O)C(C(=O)NCc1cc3cnccn3c1)CC2)=NC. The zero-order valence-corrected chi connectivity index (χ0v) is 21.4. The van der Waals surface area contributed by atoms with Gasteiger partial charge in [0.15, 0.2) is 0 Å². The number of hydrogen-bond acceptors (Lipinski definition) is 7. The molecule has 0 aromatic carbocycles. The van der Waals surface area contributed by atoms with Gasteiger partial charge in [-0.2, -0.15) is 0 Å². The summed E-state index contributed by atoms with van der Waals surface area (Å²) in [6.45, 7) is 7.12. The van der Waals surface area contributed by atoms with E-state index in [1.807, 2.05) is 22.9 Å².